The van der Waals surface area contributed by atoms with Gasteiger partial charge >= 0.3 is 0 Å². The van der Waals surface area contributed by atoms with E-state index in [1.807, 2.05) is 13.8 Å². The van der Waals surface area contributed by atoms with E-state index in [1.54, 1.807) is 0 Å². The first-order chi connectivity index (χ1) is 13.2. The first kappa shape index (κ1) is 19.7. The number of rotatable bonds is 5. The van der Waals surface area contributed by atoms with E-state index in [4.69, 9.17) is 0 Å². The van der Waals surface area contributed by atoms with E-state index in [9.17, 15) is 28.5 Å². The van der Waals surface area contributed by atoms with Gasteiger partial charge in [-0.25, -0.2) is 13.7 Å². The Balaban J connectivity index is 2.09. The van der Waals surface area contributed by atoms with Crippen molar-refractivity contribution in [1.82, 2.24) is 0 Å². The van der Waals surface area contributed by atoms with Crippen molar-refractivity contribution in [2.45, 2.75) is 19.1 Å². The number of carbonyl (C=O) groups is 2. The van der Waals surface area contributed by atoms with Gasteiger partial charge in [0, 0.05) is 23.4 Å². The molecule has 2 amide bonds. The Morgan fingerprint density at radius 1 is 1.00 bits per heavy atom. The summed E-state index contributed by atoms with van der Waals surface area (Å²) in [6.45, 7) is 3.67. The Morgan fingerprint density at radius 2 is 1.64 bits per heavy atom. The fraction of sp³-hybridized carbons (Fsp3) is 0.158. The molecule has 1 aliphatic heterocycles. The van der Waals surface area contributed by atoms with Gasteiger partial charge in [0.1, 0.15) is 0 Å². The molecule has 1 heterocycles. The van der Waals surface area contributed by atoms with Crippen LogP contribution in [-0.4, -0.2) is 22.0 Å². The number of amides is 2. The van der Waals surface area contributed by atoms with Crippen LogP contribution in [0.25, 0.3) is 5.57 Å². The Bertz CT molecular complexity index is 1020. The molecule has 0 saturated carbocycles. The maximum atomic E-state index is 13.6. The molecule has 9 heteroatoms. The van der Waals surface area contributed by atoms with E-state index >= 15 is 0 Å². The highest BCUT2D eigenvalue weighted by molar-refractivity contribution is 8.04. The predicted octanol–water partition coefficient (Wildman–Crippen LogP) is 4.30. The molecule has 6 nitrogen and oxygen atoms in total. The SMILES string of the molecule is CC(C)SC1=C(c2ccc([N+](=O)[O-])cc2)C(=O)N(c2ccc(F)c(F)c2)C1=O. The zero-order valence-electron chi connectivity index (χ0n) is 14.8. The second-order valence-electron chi connectivity index (χ2n) is 6.22. The second-order valence-corrected chi connectivity index (χ2v) is 7.81. The van der Waals surface area contributed by atoms with Crippen LogP contribution >= 0.6 is 11.8 Å². The fourth-order valence-electron chi connectivity index (χ4n) is 2.72. The Hall–Kier alpha value is -3.07. The number of imide groups is 1. The van der Waals surface area contributed by atoms with Gasteiger partial charge < -0.3 is 0 Å². The zero-order chi connectivity index (χ0) is 20.6. The maximum Gasteiger partial charge on any atom is 0.272 e. The summed E-state index contributed by atoms with van der Waals surface area (Å²) in [6.07, 6.45) is 0. The molecule has 0 atom stereocenters. The number of hydrogen-bond donors (Lipinski definition) is 0. The number of nitrogens with zero attached hydrogens (tertiary/aromatic N) is 2. The summed E-state index contributed by atoms with van der Waals surface area (Å²) in [4.78, 5) is 37.1. The Labute approximate surface area is 163 Å². The number of anilines is 1. The van der Waals surface area contributed by atoms with Crippen molar-refractivity contribution in [1.29, 1.82) is 0 Å². The summed E-state index contributed by atoms with van der Waals surface area (Å²) in [6, 6.07) is 8.00. The van der Waals surface area contributed by atoms with Crippen LogP contribution in [0.2, 0.25) is 0 Å². The van der Waals surface area contributed by atoms with E-state index in [-0.39, 0.29) is 27.1 Å². The van der Waals surface area contributed by atoms with Gasteiger partial charge in [0.25, 0.3) is 17.5 Å². The van der Waals surface area contributed by atoms with Crippen molar-refractivity contribution in [2.24, 2.45) is 0 Å². The van der Waals surface area contributed by atoms with E-state index in [0.29, 0.717) is 5.56 Å². The molecule has 1 aliphatic rings. The van der Waals surface area contributed by atoms with Gasteiger partial charge in [-0.3, -0.25) is 19.7 Å². The number of nitro groups is 1. The average Bonchev–Trinajstić information content (AvgIpc) is 2.87. The number of carbonyl (C=O) groups excluding carboxylic acids is 2. The third-order valence-corrected chi connectivity index (χ3v) is 5.01. The van der Waals surface area contributed by atoms with Crippen LogP contribution in [0.5, 0.6) is 0 Å². The molecule has 28 heavy (non-hydrogen) atoms. The van der Waals surface area contributed by atoms with Gasteiger partial charge in [0.15, 0.2) is 11.6 Å². The number of hydrogen-bond acceptors (Lipinski definition) is 5. The van der Waals surface area contributed by atoms with Crippen molar-refractivity contribution in [2.75, 3.05) is 4.90 Å². The van der Waals surface area contributed by atoms with Gasteiger partial charge in [0.05, 0.1) is 21.1 Å². The fourth-order valence-corrected chi connectivity index (χ4v) is 3.70. The summed E-state index contributed by atoms with van der Waals surface area (Å²) in [5.41, 5.74) is 0.157. The highest BCUT2D eigenvalue weighted by Crippen LogP contribution is 2.40. The molecule has 0 radical (unpaired) electrons. The molecular formula is C19H14F2N2O4S. The smallest absolute Gasteiger partial charge is 0.268 e. The summed E-state index contributed by atoms with van der Waals surface area (Å²) in [5, 5.41) is 10.8. The minimum Gasteiger partial charge on any atom is -0.268 e. The minimum absolute atomic E-state index is 0.0373. The monoisotopic (exact) mass is 404 g/mol. The van der Waals surface area contributed by atoms with E-state index in [0.717, 1.165) is 34.9 Å². The Morgan fingerprint density at radius 3 is 2.18 bits per heavy atom. The van der Waals surface area contributed by atoms with Crippen LogP contribution in [0.1, 0.15) is 19.4 Å². The van der Waals surface area contributed by atoms with Crippen molar-refractivity contribution in [3.63, 3.8) is 0 Å². The van der Waals surface area contributed by atoms with Crippen LogP contribution < -0.4 is 4.90 Å². The van der Waals surface area contributed by atoms with Crippen molar-refractivity contribution >= 4 is 40.5 Å². The Kier molecular flexibility index (Phi) is 5.28. The van der Waals surface area contributed by atoms with Crippen LogP contribution in [0.15, 0.2) is 47.4 Å². The van der Waals surface area contributed by atoms with Gasteiger partial charge in [-0.1, -0.05) is 13.8 Å². The van der Waals surface area contributed by atoms with Crippen molar-refractivity contribution in [3.05, 3.63) is 74.7 Å². The first-order valence-corrected chi connectivity index (χ1v) is 9.08. The van der Waals surface area contributed by atoms with Crippen LogP contribution in [0.3, 0.4) is 0 Å². The highest BCUT2D eigenvalue weighted by atomic mass is 32.2. The maximum absolute atomic E-state index is 13.6. The molecule has 0 bridgehead atoms. The van der Waals surface area contributed by atoms with Crippen molar-refractivity contribution in [3.8, 4) is 0 Å². The van der Waals surface area contributed by atoms with E-state index < -0.39 is 28.4 Å². The highest BCUT2D eigenvalue weighted by Gasteiger charge is 2.40. The lowest BCUT2D eigenvalue weighted by Crippen LogP contribution is -2.31. The zero-order valence-corrected chi connectivity index (χ0v) is 15.6. The number of non-ortho nitro benzene ring substituents is 1. The second kappa shape index (κ2) is 7.51. The van der Waals surface area contributed by atoms with E-state index in [2.05, 4.69) is 0 Å². The van der Waals surface area contributed by atoms with E-state index in [1.165, 1.54) is 24.3 Å². The molecule has 0 aromatic heterocycles. The molecule has 2 aromatic rings. The van der Waals surface area contributed by atoms with Crippen LogP contribution in [0.4, 0.5) is 20.2 Å². The number of benzene rings is 2. The molecule has 0 spiro atoms. The van der Waals surface area contributed by atoms with Crippen LogP contribution in [-0.2, 0) is 9.59 Å². The molecular weight excluding hydrogens is 390 g/mol. The molecule has 0 saturated heterocycles. The summed E-state index contributed by atoms with van der Waals surface area (Å²) < 4.78 is 26.9. The van der Waals surface area contributed by atoms with Crippen LogP contribution in [0, 0.1) is 21.7 Å². The molecule has 3 rings (SSSR count). The molecule has 0 aliphatic carbocycles. The quantitative estimate of drug-likeness (QED) is 0.422. The lowest BCUT2D eigenvalue weighted by molar-refractivity contribution is -0.384. The average molecular weight is 404 g/mol. The first-order valence-electron chi connectivity index (χ1n) is 8.20. The number of nitro benzene ring substituents is 1. The molecule has 0 N–H and O–H groups in total. The molecule has 0 unspecified atom stereocenters. The minimum atomic E-state index is -1.18. The molecule has 0 fully saturated rings. The predicted molar refractivity (Wildman–Crippen MR) is 102 cm³/mol. The molecule has 2 aromatic carbocycles. The van der Waals surface area contributed by atoms with Gasteiger partial charge in [-0.15, -0.1) is 11.8 Å². The standard InChI is InChI=1S/C19H14F2N2O4S/c1-10(2)28-17-16(11-3-5-12(6-4-11)23(26)27)18(24)22(19(17)25)13-7-8-14(20)15(21)9-13/h3-10H,1-2H3. The topological polar surface area (TPSA) is 80.5 Å². The third kappa shape index (κ3) is 3.53. The summed E-state index contributed by atoms with van der Waals surface area (Å²) in [5.74, 6) is -3.63. The molecule has 144 valence electrons. The lowest BCUT2D eigenvalue weighted by Gasteiger charge is -2.15. The summed E-state index contributed by atoms with van der Waals surface area (Å²) >= 11 is 1.16. The number of halogens is 2. The van der Waals surface area contributed by atoms with Crippen molar-refractivity contribution < 1.29 is 23.3 Å². The number of thioether (sulfide) groups is 1. The third-order valence-electron chi connectivity index (χ3n) is 3.92. The summed E-state index contributed by atoms with van der Waals surface area (Å²) in [7, 11) is 0. The van der Waals surface area contributed by atoms with Gasteiger partial charge in [-0.2, -0.15) is 0 Å². The van der Waals surface area contributed by atoms with Gasteiger partial charge in [0.2, 0.25) is 0 Å². The largest absolute Gasteiger partial charge is 0.272 e. The van der Waals surface area contributed by atoms with Gasteiger partial charge in [-0.05, 0) is 29.8 Å². The lowest BCUT2D eigenvalue weighted by atomic mass is 10.1. The normalized spacial score (nSPS) is 14.4.